The van der Waals surface area contributed by atoms with Gasteiger partial charge in [-0.2, -0.15) is 4.31 Å². The molecule has 0 saturated carbocycles. The van der Waals surface area contributed by atoms with Gasteiger partial charge in [-0.15, -0.1) is 0 Å². The second-order valence-corrected chi connectivity index (χ2v) is 8.32. The highest BCUT2D eigenvalue weighted by atomic mass is 79.9. The van der Waals surface area contributed by atoms with Gasteiger partial charge in [0.15, 0.2) is 0 Å². The number of sulfonamides is 1. The van der Waals surface area contributed by atoms with Gasteiger partial charge >= 0.3 is 0 Å². The molecule has 18 heavy (non-hydrogen) atoms. The van der Waals surface area contributed by atoms with Gasteiger partial charge < -0.3 is 0 Å². The largest absolute Gasteiger partial charge is 0.244 e. The first-order valence-corrected chi connectivity index (χ1v) is 8.63. The van der Waals surface area contributed by atoms with Crippen molar-refractivity contribution in [1.29, 1.82) is 0 Å². The summed E-state index contributed by atoms with van der Waals surface area (Å²) in [6, 6.07) is 5.02. The van der Waals surface area contributed by atoms with Crippen molar-refractivity contribution in [3.05, 3.63) is 27.1 Å². The highest BCUT2D eigenvalue weighted by Gasteiger charge is 2.28. The minimum absolute atomic E-state index is 0.0504. The molecule has 0 aliphatic heterocycles. The molecule has 1 rings (SSSR count). The zero-order chi connectivity index (χ0) is 14.1. The summed E-state index contributed by atoms with van der Waals surface area (Å²) in [4.78, 5) is 0.292. The van der Waals surface area contributed by atoms with Crippen molar-refractivity contribution < 1.29 is 8.42 Å². The zero-order valence-electron chi connectivity index (χ0n) is 10.8. The Morgan fingerprint density at radius 2 is 1.72 bits per heavy atom. The Labute approximate surface area is 126 Å². The number of hydrogen-bond acceptors (Lipinski definition) is 2. The van der Waals surface area contributed by atoms with Gasteiger partial charge in [0.25, 0.3) is 0 Å². The van der Waals surface area contributed by atoms with Crippen LogP contribution in [0.25, 0.3) is 0 Å². The molecule has 1 unspecified atom stereocenters. The van der Waals surface area contributed by atoms with E-state index < -0.39 is 10.0 Å². The Morgan fingerprint density at radius 1 is 1.17 bits per heavy atom. The summed E-state index contributed by atoms with van der Waals surface area (Å²) in [6.07, 6.45) is 0. The standard InChI is InChI=1S/C12H17Br2NO2S/c1-8(2)9(3)15(4)18(16,17)12-6-5-10(13)7-11(12)14/h5-9H,1-4H3. The van der Waals surface area contributed by atoms with Crippen LogP contribution in [0, 0.1) is 5.92 Å². The van der Waals surface area contributed by atoms with E-state index in [-0.39, 0.29) is 12.0 Å². The minimum Gasteiger partial charge on any atom is -0.207 e. The van der Waals surface area contributed by atoms with Gasteiger partial charge in [0.1, 0.15) is 0 Å². The van der Waals surface area contributed by atoms with Crippen molar-refractivity contribution in [2.45, 2.75) is 31.7 Å². The van der Waals surface area contributed by atoms with Crippen LogP contribution in [0.15, 0.2) is 32.0 Å². The highest BCUT2D eigenvalue weighted by Crippen LogP contribution is 2.29. The van der Waals surface area contributed by atoms with Crippen molar-refractivity contribution in [1.82, 2.24) is 4.31 Å². The second kappa shape index (κ2) is 6.03. The van der Waals surface area contributed by atoms with Gasteiger partial charge in [-0.25, -0.2) is 8.42 Å². The molecule has 1 atom stereocenters. The fourth-order valence-corrected chi connectivity index (χ4v) is 4.68. The third kappa shape index (κ3) is 3.35. The van der Waals surface area contributed by atoms with Gasteiger partial charge in [0.05, 0.1) is 4.90 Å². The zero-order valence-corrected chi connectivity index (χ0v) is 14.8. The first kappa shape index (κ1) is 16.1. The second-order valence-electron chi connectivity index (χ2n) is 4.58. The molecule has 0 spiro atoms. The van der Waals surface area contributed by atoms with E-state index in [0.29, 0.717) is 9.37 Å². The van der Waals surface area contributed by atoms with Crippen LogP contribution >= 0.6 is 31.9 Å². The summed E-state index contributed by atoms with van der Waals surface area (Å²) in [6.45, 7) is 5.93. The average molecular weight is 399 g/mol. The number of benzene rings is 1. The summed E-state index contributed by atoms with van der Waals surface area (Å²) in [5.74, 6) is 0.263. The van der Waals surface area contributed by atoms with Crippen LogP contribution in [0.1, 0.15) is 20.8 Å². The molecule has 0 fully saturated rings. The maximum absolute atomic E-state index is 12.5. The van der Waals surface area contributed by atoms with E-state index in [9.17, 15) is 8.42 Å². The Hall–Kier alpha value is 0.0900. The van der Waals surface area contributed by atoms with Crippen LogP contribution in [0.4, 0.5) is 0 Å². The molecule has 6 heteroatoms. The summed E-state index contributed by atoms with van der Waals surface area (Å²) in [7, 11) is -1.85. The van der Waals surface area contributed by atoms with E-state index in [0.717, 1.165) is 4.47 Å². The maximum atomic E-state index is 12.5. The van der Waals surface area contributed by atoms with Gasteiger partial charge in [0.2, 0.25) is 10.0 Å². The van der Waals surface area contributed by atoms with Gasteiger partial charge in [-0.05, 0) is 47.0 Å². The van der Waals surface area contributed by atoms with Crippen LogP contribution in [0.2, 0.25) is 0 Å². The van der Waals surface area contributed by atoms with Crippen molar-refractivity contribution >= 4 is 41.9 Å². The molecule has 0 N–H and O–H groups in total. The topological polar surface area (TPSA) is 37.4 Å². The van der Waals surface area contributed by atoms with Gasteiger partial charge in [-0.1, -0.05) is 29.8 Å². The van der Waals surface area contributed by atoms with Crippen LogP contribution in [0.5, 0.6) is 0 Å². The number of nitrogens with zero attached hydrogens (tertiary/aromatic N) is 1. The monoisotopic (exact) mass is 397 g/mol. The lowest BCUT2D eigenvalue weighted by molar-refractivity contribution is 0.315. The Morgan fingerprint density at radius 3 is 2.17 bits per heavy atom. The predicted octanol–water partition coefficient (Wildman–Crippen LogP) is 3.88. The molecule has 0 heterocycles. The lowest BCUT2D eigenvalue weighted by Crippen LogP contribution is -2.38. The molecular formula is C12H17Br2NO2S. The molecule has 0 bridgehead atoms. The Bertz CT molecular complexity index is 529. The third-order valence-electron chi connectivity index (χ3n) is 3.09. The van der Waals surface area contributed by atoms with Crippen LogP contribution < -0.4 is 0 Å². The molecular weight excluding hydrogens is 382 g/mol. The van der Waals surface area contributed by atoms with E-state index >= 15 is 0 Å². The van der Waals surface area contributed by atoms with E-state index in [1.165, 1.54) is 4.31 Å². The molecule has 1 aromatic carbocycles. The van der Waals surface area contributed by atoms with Crippen LogP contribution in [-0.4, -0.2) is 25.8 Å². The van der Waals surface area contributed by atoms with Crippen LogP contribution in [-0.2, 0) is 10.0 Å². The molecule has 0 aliphatic carbocycles. The number of halogens is 2. The first-order valence-electron chi connectivity index (χ1n) is 5.61. The first-order chi connectivity index (χ1) is 8.17. The normalized spacial score (nSPS) is 14.2. The third-order valence-corrected chi connectivity index (χ3v) is 6.50. The average Bonchev–Trinajstić information content (AvgIpc) is 2.26. The van der Waals surface area contributed by atoms with Crippen molar-refractivity contribution in [2.24, 2.45) is 5.92 Å². The van der Waals surface area contributed by atoms with Gasteiger partial charge in [0, 0.05) is 22.0 Å². The van der Waals surface area contributed by atoms with Crippen molar-refractivity contribution in [2.75, 3.05) is 7.05 Å². The van der Waals surface area contributed by atoms with Crippen LogP contribution in [0.3, 0.4) is 0 Å². The van der Waals surface area contributed by atoms with E-state index in [2.05, 4.69) is 31.9 Å². The van der Waals surface area contributed by atoms with Crippen molar-refractivity contribution in [3.8, 4) is 0 Å². The lowest BCUT2D eigenvalue weighted by atomic mass is 10.1. The molecule has 102 valence electrons. The molecule has 1 aromatic rings. The summed E-state index contributed by atoms with van der Waals surface area (Å²) >= 11 is 6.62. The predicted molar refractivity (Wildman–Crippen MR) is 81.1 cm³/mol. The Kier molecular flexibility index (Phi) is 5.41. The minimum atomic E-state index is -3.47. The molecule has 0 aromatic heterocycles. The quantitative estimate of drug-likeness (QED) is 0.771. The molecule has 3 nitrogen and oxygen atoms in total. The number of rotatable bonds is 4. The molecule has 0 radical (unpaired) electrons. The summed E-state index contributed by atoms with van der Waals surface area (Å²) in [5.41, 5.74) is 0. The van der Waals surface area contributed by atoms with Gasteiger partial charge in [-0.3, -0.25) is 0 Å². The molecule has 0 saturated heterocycles. The van der Waals surface area contributed by atoms with Crippen molar-refractivity contribution in [3.63, 3.8) is 0 Å². The number of hydrogen-bond donors (Lipinski definition) is 0. The lowest BCUT2D eigenvalue weighted by Gasteiger charge is -2.27. The Balaban J connectivity index is 3.21. The maximum Gasteiger partial charge on any atom is 0.244 e. The van der Waals surface area contributed by atoms with E-state index in [1.54, 1.807) is 25.2 Å². The fraction of sp³-hybridized carbons (Fsp3) is 0.500. The van der Waals surface area contributed by atoms with E-state index in [1.807, 2.05) is 20.8 Å². The smallest absolute Gasteiger partial charge is 0.207 e. The highest BCUT2D eigenvalue weighted by molar-refractivity contribution is 9.11. The molecule has 0 aliphatic rings. The SMILES string of the molecule is CC(C)C(C)N(C)S(=O)(=O)c1ccc(Br)cc1Br. The molecule has 0 amide bonds. The summed E-state index contributed by atoms with van der Waals surface area (Å²) in [5, 5.41) is 0. The summed E-state index contributed by atoms with van der Waals surface area (Å²) < 4.78 is 27.8. The fourth-order valence-electron chi connectivity index (χ4n) is 1.48. The van der Waals surface area contributed by atoms with E-state index in [4.69, 9.17) is 0 Å².